The van der Waals surface area contributed by atoms with Crippen LogP contribution >= 0.6 is 0 Å². The summed E-state index contributed by atoms with van der Waals surface area (Å²) in [6.07, 6.45) is 30.8. The Morgan fingerprint density at radius 2 is 0.873 bits per heavy atom. The second-order valence-electron chi connectivity index (χ2n) is 16.2. The van der Waals surface area contributed by atoms with Gasteiger partial charge in [0.05, 0.1) is 9.79 Å². The van der Waals surface area contributed by atoms with Gasteiger partial charge in [0.1, 0.15) is 27.4 Å². The van der Waals surface area contributed by atoms with E-state index in [9.17, 15) is 31.6 Å². The fourth-order valence-corrected chi connectivity index (χ4v) is 8.23. The molecule has 4 aromatic carbocycles. The van der Waals surface area contributed by atoms with Crippen molar-refractivity contribution >= 4 is 58.0 Å². The fourth-order valence-electron chi connectivity index (χ4n) is 7.24. The van der Waals surface area contributed by atoms with E-state index in [0.29, 0.717) is 11.5 Å². The molecule has 13 heteroatoms. The van der Waals surface area contributed by atoms with Gasteiger partial charge in [-0.05, 0) is 91.4 Å². The molecule has 0 aliphatic heterocycles. The number of phenolic OH excluding ortho intramolecular Hbond substituents is 1. The quantitative estimate of drug-likeness (QED) is 0.0291. The van der Waals surface area contributed by atoms with Crippen LogP contribution in [0.4, 0.5) is 0 Å². The molecular weight excluding hydrogens is 865 g/mol. The number of aryl methyl sites for hydroxylation is 2. The summed E-state index contributed by atoms with van der Waals surface area (Å²) in [6, 6.07) is 21.9. The van der Waals surface area contributed by atoms with Crippen LogP contribution in [0.2, 0.25) is 0 Å². The molecule has 0 amide bonds. The van der Waals surface area contributed by atoms with Crippen molar-refractivity contribution < 1.29 is 45.6 Å². The molecule has 0 heterocycles. The predicted molar refractivity (Wildman–Crippen MR) is 251 cm³/mol. The molecule has 4 aromatic rings. The van der Waals surface area contributed by atoms with Gasteiger partial charge in [0, 0.05) is 6.07 Å². The number of aromatic hydroxyl groups is 1. The van der Waals surface area contributed by atoms with Gasteiger partial charge in [0.25, 0.3) is 10.1 Å². The number of rotatable bonds is 30. The number of benzene rings is 4. The summed E-state index contributed by atoms with van der Waals surface area (Å²) >= 11 is 0. The summed E-state index contributed by atoms with van der Waals surface area (Å²) in [5.41, 5.74) is 2.31. The van der Waals surface area contributed by atoms with Gasteiger partial charge >= 0.3 is 37.7 Å². The Morgan fingerprint density at radius 1 is 0.492 bits per heavy atom. The number of phenols is 1. The van der Waals surface area contributed by atoms with Crippen LogP contribution in [0.15, 0.2) is 94.7 Å². The van der Waals surface area contributed by atoms with Crippen molar-refractivity contribution in [2.24, 2.45) is 0 Å². The van der Waals surface area contributed by atoms with Crippen LogP contribution in [-0.4, -0.2) is 68.8 Å². The van der Waals surface area contributed by atoms with Crippen LogP contribution in [0.25, 0.3) is 0 Å². The second-order valence-corrected chi connectivity index (χ2v) is 19.0. The summed E-state index contributed by atoms with van der Waals surface area (Å²) in [4.78, 5) is -0.919. The molecule has 2 N–H and O–H groups in total. The maximum atomic E-state index is 12.0. The maximum Gasteiger partial charge on any atom is 2.00 e. The van der Waals surface area contributed by atoms with E-state index in [0.717, 1.165) is 49.4 Å². The first-order valence-corrected chi connectivity index (χ1v) is 25.8. The molecule has 0 bridgehead atoms. The molecule has 0 aliphatic rings. The van der Waals surface area contributed by atoms with Gasteiger partial charge in [-0.25, -0.2) is 8.42 Å². The monoisotopic (exact) mass is 934 g/mol. The van der Waals surface area contributed by atoms with Gasteiger partial charge in [0.2, 0.25) is 0 Å². The summed E-state index contributed by atoms with van der Waals surface area (Å²) in [6.45, 7) is 4.50. The molecular formula is C50H70CaO10S2. The molecule has 0 spiro atoms. The SMILES string of the molecule is CCCCCCCCCCCCCc1cccc(Oc2ccc(S(=O)(=O)O)cc2O)c1.CCCCCCCCCCCCCc1cccc(Oc2ccc(S(=O)(=O)[O-])cc2[O-])c1.[Ca+2]. The minimum Gasteiger partial charge on any atom is -0.870 e. The van der Waals surface area contributed by atoms with Crippen LogP contribution in [0.5, 0.6) is 34.5 Å². The van der Waals surface area contributed by atoms with Crippen molar-refractivity contribution in [1.82, 2.24) is 0 Å². The minimum atomic E-state index is -4.65. The van der Waals surface area contributed by atoms with Crippen LogP contribution < -0.4 is 14.6 Å². The first-order valence-electron chi connectivity index (χ1n) is 22.9. The third-order valence-corrected chi connectivity index (χ3v) is 12.5. The van der Waals surface area contributed by atoms with Crippen molar-refractivity contribution in [2.45, 2.75) is 178 Å². The van der Waals surface area contributed by atoms with E-state index in [2.05, 4.69) is 19.9 Å². The van der Waals surface area contributed by atoms with Gasteiger partial charge in [0.15, 0.2) is 11.5 Å². The molecule has 0 radical (unpaired) electrons. The predicted octanol–water partition coefficient (Wildman–Crippen LogP) is 13.2. The van der Waals surface area contributed by atoms with Gasteiger partial charge < -0.3 is 24.2 Å². The molecule has 0 saturated heterocycles. The first kappa shape index (κ1) is 56.3. The molecule has 344 valence electrons. The van der Waals surface area contributed by atoms with Crippen LogP contribution in [0.1, 0.15) is 166 Å². The van der Waals surface area contributed by atoms with Crippen molar-refractivity contribution in [1.29, 1.82) is 0 Å². The average molecular weight is 935 g/mol. The Balaban J connectivity index is 0.000000427. The van der Waals surface area contributed by atoms with E-state index in [-0.39, 0.29) is 59.9 Å². The molecule has 0 fully saturated rings. The van der Waals surface area contributed by atoms with E-state index < -0.39 is 30.9 Å². The van der Waals surface area contributed by atoms with E-state index >= 15 is 0 Å². The van der Waals surface area contributed by atoms with Gasteiger partial charge in [-0.3, -0.25) is 4.55 Å². The first-order chi connectivity index (χ1) is 29.8. The number of unbranched alkanes of at least 4 members (excludes halogenated alkanes) is 20. The Bertz CT molecular complexity index is 1940. The van der Waals surface area contributed by atoms with Crippen molar-refractivity contribution in [3.8, 4) is 34.5 Å². The van der Waals surface area contributed by atoms with Gasteiger partial charge in [-0.1, -0.05) is 172 Å². The Kier molecular flexibility index (Phi) is 28.5. The topological polar surface area (TPSA) is 173 Å². The van der Waals surface area contributed by atoms with Gasteiger partial charge in [-0.2, -0.15) is 8.42 Å². The van der Waals surface area contributed by atoms with Crippen LogP contribution in [-0.2, 0) is 33.1 Å². The van der Waals surface area contributed by atoms with Crippen molar-refractivity contribution in [2.75, 3.05) is 0 Å². The summed E-state index contributed by atoms with van der Waals surface area (Å²) in [5, 5.41) is 22.0. The zero-order valence-corrected chi connectivity index (χ0v) is 41.6. The molecule has 4 rings (SSSR count). The number of hydrogen-bond donors (Lipinski definition) is 2. The standard InChI is InChI=1S/2C25H36O5S.Ca/c2*1-2-3-4-5-6-7-8-9-10-11-12-14-21-15-13-16-22(19-21)30-25-18-17-23(20-24(25)26)31(27,28)29;/h2*13,15-20,26H,2-12,14H2,1H3,(H,27,28,29);/q;;+2/p-2. The zero-order valence-electron chi connectivity index (χ0n) is 37.7. The molecule has 0 saturated carbocycles. The number of hydrogen-bond acceptors (Lipinski definition) is 9. The Hall–Kier alpha value is -2.84. The zero-order chi connectivity index (χ0) is 45.1. The van der Waals surface area contributed by atoms with Crippen molar-refractivity contribution in [3.63, 3.8) is 0 Å². The van der Waals surface area contributed by atoms with E-state index in [4.69, 9.17) is 14.0 Å². The Labute approximate surface area is 408 Å². The molecule has 10 nitrogen and oxygen atoms in total. The average Bonchev–Trinajstić information content (AvgIpc) is 3.23. The normalized spacial score (nSPS) is 11.4. The van der Waals surface area contributed by atoms with E-state index in [1.807, 2.05) is 30.3 Å². The minimum absolute atomic E-state index is 0. The molecule has 0 aromatic heterocycles. The third-order valence-electron chi connectivity index (χ3n) is 10.8. The Morgan fingerprint density at radius 3 is 1.25 bits per heavy atom. The number of ether oxygens (including phenoxy) is 2. The largest absolute Gasteiger partial charge is 2.00 e. The molecule has 63 heavy (non-hydrogen) atoms. The molecule has 0 aliphatic carbocycles. The maximum absolute atomic E-state index is 12.0. The summed E-state index contributed by atoms with van der Waals surface area (Å²) in [5.74, 6) is 0.267. The third kappa shape index (κ3) is 24.3. The summed E-state index contributed by atoms with van der Waals surface area (Å²) < 4.78 is 75.7. The fraction of sp³-hybridized carbons (Fsp3) is 0.520. The molecule has 0 unspecified atom stereocenters. The van der Waals surface area contributed by atoms with Crippen LogP contribution in [0, 0.1) is 0 Å². The second kappa shape index (κ2) is 31.9. The van der Waals surface area contributed by atoms with E-state index in [1.54, 1.807) is 12.1 Å². The summed E-state index contributed by atoms with van der Waals surface area (Å²) in [7, 11) is -9.02. The van der Waals surface area contributed by atoms with E-state index in [1.165, 1.54) is 152 Å². The molecule has 0 atom stereocenters. The van der Waals surface area contributed by atoms with Crippen LogP contribution in [0.3, 0.4) is 0 Å². The smallest absolute Gasteiger partial charge is 0.870 e. The van der Waals surface area contributed by atoms with Gasteiger partial charge in [-0.15, -0.1) is 0 Å². The van der Waals surface area contributed by atoms with Crippen molar-refractivity contribution in [3.05, 3.63) is 96.1 Å².